The van der Waals surface area contributed by atoms with Crippen molar-refractivity contribution in [3.63, 3.8) is 0 Å². The number of fused-ring (bicyclic) bond motifs is 4. The van der Waals surface area contributed by atoms with E-state index >= 15 is 0 Å². The van der Waals surface area contributed by atoms with Gasteiger partial charge in [-0.1, -0.05) is 23.7 Å². The average molecular weight is 328 g/mol. The molecule has 0 atom stereocenters. The van der Waals surface area contributed by atoms with Crippen molar-refractivity contribution < 1.29 is 9.47 Å². The summed E-state index contributed by atoms with van der Waals surface area (Å²) >= 11 is 6.15. The van der Waals surface area contributed by atoms with Crippen molar-refractivity contribution in [2.45, 2.75) is 0 Å². The summed E-state index contributed by atoms with van der Waals surface area (Å²) in [6.45, 7) is 0.234. The molecule has 4 aromatic rings. The Balaban J connectivity index is 1.61. The van der Waals surface area contributed by atoms with Gasteiger partial charge in [-0.15, -0.1) is 0 Å². The topological polar surface area (TPSA) is 76.5 Å². The van der Waals surface area contributed by atoms with Gasteiger partial charge < -0.3 is 14.8 Å². The molecule has 8 heteroatoms. The number of aromatic nitrogens is 4. The summed E-state index contributed by atoms with van der Waals surface area (Å²) in [5.74, 6) is 2.51. The number of imidazole rings is 1. The lowest BCUT2D eigenvalue weighted by Gasteiger charge is -2.03. The molecule has 2 aromatic carbocycles. The number of ether oxygens (including phenoxy) is 2. The van der Waals surface area contributed by atoms with Crippen molar-refractivity contribution in [3.05, 3.63) is 41.4 Å². The van der Waals surface area contributed by atoms with Gasteiger partial charge in [0.25, 0.3) is 5.78 Å². The molecule has 114 valence electrons. The molecular weight excluding hydrogens is 318 g/mol. The molecule has 1 aliphatic rings. The maximum atomic E-state index is 6.15. The number of hydrogen-bond donors (Lipinski definition) is 2. The molecule has 1 aliphatic heterocycles. The number of nitrogens with zero attached hydrogens (tertiary/aromatic N) is 3. The summed E-state index contributed by atoms with van der Waals surface area (Å²) < 4.78 is 12.6. The summed E-state index contributed by atoms with van der Waals surface area (Å²) in [5.41, 5.74) is 2.43. The molecule has 0 radical (unpaired) electrons. The van der Waals surface area contributed by atoms with Crippen LogP contribution in [0.15, 0.2) is 36.4 Å². The number of aromatic amines is 1. The van der Waals surface area contributed by atoms with Crippen LogP contribution in [0.25, 0.3) is 16.8 Å². The first kappa shape index (κ1) is 12.6. The second-order valence-corrected chi connectivity index (χ2v) is 5.53. The smallest absolute Gasteiger partial charge is 0.253 e. The summed E-state index contributed by atoms with van der Waals surface area (Å²) in [4.78, 5) is 8.92. The van der Waals surface area contributed by atoms with E-state index in [0.717, 1.165) is 16.7 Å². The van der Waals surface area contributed by atoms with E-state index in [9.17, 15) is 0 Å². The molecule has 0 amide bonds. The van der Waals surface area contributed by atoms with Gasteiger partial charge >= 0.3 is 0 Å². The molecule has 0 unspecified atom stereocenters. The van der Waals surface area contributed by atoms with Crippen LogP contribution in [0.2, 0.25) is 5.02 Å². The Morgan fingerprint density at radius 1 is 1.13 bits per heavy atom. The van der Waals surface area contributed by atoms with Crippen molar-refractivity contribution in [1.82, 2.24) is 19.6 Å². The van der Waals surface area contributed by atoms with E-state index in [1.54, 1.807) is 4.52 Å². The monoisotopic (exact) mass is 327 g/mol. The SMILES string of the molecule is Clc1ccccc1Nc1nc2nc3cc4c(cc3n2[nH]1)OCO4. The van der Waals surface area contributed by atoms with E-state index in [-0.39, 0.29) is 6.79 Å². The van der Waals surface area contributed by atoms with Crippen LogP contribution in [-0.2, 0) is 0 Å². The van der Waals surface area contributed by atoms with E-state index in [4.69, 9.17) is 21.1 Å². The molecule has 0 saturated carbocycles. The molecule has 0 bridgehead atoms. The van der Waals surface area contributed by atoms with Gasteiger partial charge in [0.1, 0.15) is 0 Å². The molecule has 2 aromatic heterocycles. The Hall–Kier alpha value is -2.93. The highest BCUT2D eigenvalue weighted by Gasteiger charge is 2.18. The van der Waals surface area contributed by atoms with Crippen molar-refractivity contribution in [3.8, 4) is 11.5 Å². The van der Waals surface area contributed by atoms with Crippen molar-refractivity contribution in [1.29, 1.82) is 0 Å². The molecule has 0 saturated heterocycles. The van der Waals surface area contributed by atoms with Crippen molar-refractivity contribution >= 4 is 40.0 Å². The lowest BCUT2D eigenvalue weighted by atomic mass is 10.3. The van der Waals surface area contributed by atoms with Crippen LogP contribution in [0.4, 0.5) is 11.6 Å². The molecule has 0 spiro atoms. The van der Waals surface area contributed by atoms with Gasteiger partial charge in [0.05, 0.1) is 21.7 Å². The Labute approximate surface area is 134 Å². The average Bonchev–Trinajstić information content (AvgIpc) is 3.21. The quantitative estimate of drug-likeness (QED) is 0.590. The lowest BCUT2D eigenvalue weighted by Crippen LogP contribution is -1.94. The first-order valence-corrected chi connectivity index (χ1v) is 7.35. The fourth-order valence-electron chi connectivity index (χ4n) is 2.62. The van der Waals surface area contributed by atoms with Crippen LogP contribution in [0, 0.1) is 0 Å². The van der Waals surface area contributed by atoms with E-state index in [0.29, 0.717) is 28.2 Å². The minimum Gasteiger partial charge on any atom is -0.454 e. The minimum absolute atomic E-state index is 0.234. The minimum atomic E-state index is 0.234. The molecule has 3 heterocycles. The Morgan fingerprint density at radius 3 is 2.83 bits per heavy atom. The molecule has 23 heavy (non-hydrogen) atoms. The van der Waals surface area contributed by atoms with Gasteiger partial charge in [-0.3, -0.25) is 5.10 Å². The van der Waals surface area contributed by atoms with E-state index in [1.807, 2.05) is 36.4 Å². The Morgan fingerprint density at radius 2 is 1.96 bits per heavy atom. The molecule has 7 nitrogen and oxygen atoms in total. The van der Waals surface area contributed by atoms with Crippen LogP contribution in [0.5, 0.6) is 11.5 Å². The number of halogens is 1. The third-order valence-electron chi connectivity index (χ3n) is 3.69. The molecule has 5 rings (SSSR count). The van der Waals surface area contributed by atoms with Gasteiger partial charge in [-0.05, 0) is 12.1 Å². The summed E-state index contributed by atoms with van der Waals surface area (Å²) in [6.07, 6.45) is 0. The highest BCUT2D eigenvalue weighted by molar-refractivity contribution is 6.33. The van der Waals surface area contributed by atoms with Gasteiger partial charge in [0, 0.05) is 12.1 Å². The van der Waals surface area contributed by atoms with Gasteiger partial charge in [0.15, 0.2) is 11.5 Å². The largest absolute Gasteiger partial charge is 0.454 e. The highest BCUT2D eigenvalue weighted by atomic mass is 35.5. The standard InChI is InChI=1S/C15H10ClN5O2/c16-8-3-1-2-4-9(8)17-14-19-15-18-10-5-12-13(23-7-22-12)6-11(10)21(15)20-14/h1-6H,7H2,(H2,17,18,19,20). The second kappa shape index (κ2) is 4.53. The number of anilines is 2. The van der Waals surface area contributed by atoms with E-state index in [2.05, 4.69) is 20.4 Å². The molecule has 2 N–H and O–H groups in total. The van der Waals surface area contributed by atoms with Crippen LogP contribution >= 0.6 is 11.6 Å². The highest BCUT2D eigenvalue weighted by Crippen LogP contribution is 2.36. The van der Waals surface area contributed by atoms with Crippen molar-refractivity contribution in [2.24, 2.45) is 0 Å². The molecular formula is C15H10ClN5O2. The first-order valence-electron chi connectivity index (χ1n) is 6.97. The number of para-hydroxylation sites is 1. The zero-order valence-electron chi connectivity index (χ0n) is 11.7. The third kappa shape index (κ3) is 1.90. The van der Waals surface area contributed by atoms with Crippen LogP contribution in [-0.4, -0.2) is 26.4 Å². The van der Waals surface area contributed by atoms with Gasteiger partial charge in [0.2, 0.25) is 12.7 Å². The predicted octanol–water partition coefficient (Wildman–Crippen LogP) is 3.34. The zero-order chi connectivity index (χ0) is 15.4. The molecule has 0 fully saturated rings. The number of H-pyrrole nitrogens is 1. The fourth-order valence-corrected chi connectivity index (χ4v) is 2.80. The fraction of sp³-hybridized carbons (Fsp3) is 0.0667. The maximum Gasteiger partial charge on any atom is 0.253 e. The number of hydrogen-bond acceptors (Lipinski definition) is 5. The summed E-state index contributed by atoms with van der Waals surface area (Å²) in [7, 11) is 0. The first-order chi connectivity index (χ1) is 11.3. The number of rotatable bonds is 2. The summed E-state index contributed by atoms with van der Waals surface area (Å²) in [6, 6.07) is 11.2. The van der Waals surface area contributed by atoms with E-state index < -0.39 is 0 Å². The van der Waals surface area contributed by atoms with E-state index in [1.165, 1.54) is 0 Å². The second-order valence-electron chi connectivity index (χ2n) is 5.12. The Kier molecular flexibility index (Phi) is 2.48. The van der Waals surface area contributed by atoms with Crippen molar-refractivity contribution in [2.75, 3.05) is 12.1 Å². The van der Waals surface area contributed by atoms with Crippen LogP contribution in [0.1, 0.15) is 0 Å². The summed E-state index contributed by atoms with van der Waals surface area (Å²) in [5, 5.41) is 6.93. The van der Waals surface area contributed by atoms with Gasteiger partial charge in [-0.25, -0.2) is 9.50 Å². The Bertz CT molecular complexity index is 1050. The third-order valence-corrected chi connectivity index (χ3v) is 4.02. The van der Waals surface area contributed by atoms with Crippen LogP contribution < -0.4 is 14.8 Å². The maximum absolute atomic E-state index is 6.15. The predicted molar refractivity (Wildman–Crippen MR) is 85.7 cm³/mol. The lowest BCUT2D eigenvalue weighted by molar-refractivity contribution is 0.174. The number of nitrogens with one attached hydrogen (secondary N) is 2. The van der Waals surface area contributed by atoms with Crippen LogP contribution in [0.3, 0.4) is 0 Å². The normalized spacial score (nSPS) is 13.1. The zero-order valence-corrected chi connectivity index (χ0v) is 12.5. The molecule has 0 aliphatic carbocycles. The number of benzene rings is 2. The van der Waals surface area contributed by atoms with Gasteiger partial charge in [-0.2, -0.15) is 4.98 Å².